The summed E-state index contributed by atoms with van der Waals surface area (Å²) < 4.78 is 0. The molecule has 0 aliphatic heterocycles. The number of aromatic nitrogens is 1. The van der Waals surface area contributed by atoms with Gasteiger partial charge in [0, 0.05) is 94.2 Å². The molecule has 100 valence electrons. The minimum absolute atomic E-state index is 0. The maximum Gasteiger partial charge on any atom is 0.0818 e. The molecule has 1 heterocycles. The normalized spacial score (nSPS) is 9.52. The van der Waals surface area contributed by atoms with Crippen molar-refractivity contribution in [3.63, 3.8) is 0 Å². The summed E-state index contributed by atoms with van der Waals surface area (Å²) in [5, 5.41) is 1.13. The number of aliphatic imine (C=N–C) groups is 1. The fourth-order valence-corrected chi connectivity index (χ4v) is 1.70. The third kappa shape index (κ3) is 6.10. The Morgan fingerprint density at radius 2 is 1.62 bits per heavy atom. The summed E-state index contributed by atoms with van der Waals surface area (Å²) in [5.41, 5.74) is 2.49. The largest absolute Gasteiger partial charge is 0.333 e. The summed E-state index contributed by atoms with van der Waals surface area (Å²) in [7, 11) is 0. The first-order valence-corrected chi connectivity index (χ1v) is 5.70. The Kier molecular flexibility index (Phi) is 11.0. The number of pyridine rings is 1. The topological polar surface area (TPSA) is 25.2 Å². The van der Waals surface area contributed by atoms with E-state index in [9.17, 15) is 0 Å². The van der Waals surface area contributed by atoms with Gasteiger partial charge in [-0.15, -0.1) is 0 Å². The van der Waals surface area contributed by atoms with Crippen LogP contribution in [0.25, 0.3) is 10.9 Å². The van der Waals surface area contributed by atoms with Gasteiger partial charge >= 0.3 is 0 Å². The molecule has 3 rings (SSSR count). The first kappa shape index (κ1) is 21.2. The molecule has 0 amide bonds. The molecular weight excluding hydrogens is 514 g/mol. The van der Waals surface area contributed by atoms with Crippen LogP contribution in [0, 0.1) is 94.7 Å². The Balaban J connectivity index is 0.00000133. The predicted octanol–water partition coefficient (Wildman–Crippen LogP) is 4.22. The Hall–Kier alpha value is 0.247. The number of hydrogen-bond donors (Lipinski definition) is 0. The Labute approximate surface area is 192 Å². The van der Waals surface area contributed by atoms with E-state index in [0.29, 0.717) is 5.69 Å². The second kappa shape index (κ2) is 10.9. The van der Waals surface area contributed by atoms with Gasteiger partial charge in [-0.05, 0) is 12.1 Å². The number of fused-ring (bicyclic) bond motifs is 1. The van der Waals surface area contributed by atoms with Crippen molar-refractivity contribution in [1.82, 2.24) is 4.98 Å². The average molecular weight is 528 g/mol. The van der Waals surface area contributed by atoms with Crippen molar-refractivity contribution in [2.24, 2.45) is 4.99 Å². The average Bonchev–Trinajstić information content (AvgIpc) is 2.46. The molecule has 0 aliphatic rings. The van der Waals surface area contributed by atoms with E-state index in [1.807, 2.05) is 54.6 Å². The van der Waals surface area contributed by atoms with E-state index in [-0.39, 0.29) is 90.0 Å². The van der Waals surface area contributed by atoms with Crippen molar-refractivity contribution in [3.8, 4) is 0 Å². The number of rotatable bonds is 2. The standard InChI is InChI=1S/C16H10N2.CH4.2Pr/c1-2-7-14(8-3-1)17-12-15-11-10-13-6-4-5-9-16(13)18-15;;;/h1-6,9-12H;1H4;;/q-2;;;. The molecule has 2 nitrogen and oxygen atoms in total. The molecule has 0 saturated carbocycles. The smallest absolute Gasteiger partial charge is 0.0818 e. The van der Waals surface area contributed by atoms with Crippen LogP contribution in [0.2, 0.25) is 0 Å². The van der Waals surface area contributed by atoms with Crippen LogP contribution in [0.4, 0.5) is 5.69 Å². The van der Waals surface area contributed by atoms with Gasteiger partial charge in [0.15, 0.2) is 0 Å². The maximum atomic E-state index is 4.51. The van der Waals surface area contributed by atoms with Crippen molar-refractivity contribution in [2.45, 2.75) is 7.43 Å². The van der Waals surface area contributed by atoms with Gasteiger partial charge in [0.2, 0.25) is 0 Å². The van der Waals surface area contributed by atoms with E-state index >= 15 is 0 Å². The zero-order chi connectivity index (χ0) is 12.2. The van der Waals surface area contributed by atoms with Crippen molar-refractivity contribution >= 4 is 22.8 Å². The summed E-state index contributed by atoms with van der Waals surface area (Å²) in [5.74, 6) is 0. The molecule has 1 aromatic heterocycles. The number of benzene rings is 2. The van der Waals surface area contributed by atoms with Gasteiger partial charge in [-0.25, -0.2) is 4.98 Å². The molecule has 0 atom stereocenters. The molecule has 0 aliphatic carbocycles. The number of para-hydroxylation sites is 2. The third-order valence-corrected chi connectivity index (χ3v) is 2.58. The molecule has 0 unspecified atom stereocenters. The molecule has 0 bridgehead atoms. The van der Waals surface area contributed by atoms with Crippen molar-refractivity contribution < 1.29 is 82.6 Å². The molecule has 0 N–H and O–H groups in total. The Morgan fingerprint density at radius 3 is 2.38 bits per heavy atom. The summed E-state index contributed by atoms with van der Waals surface area (Å²) >= 11 is 0. The summed E-state index contributed by atoms with van der Waals surface area (Å²) in [4.78, 5) is 8.80. The van der Waals surface area contributed by atoms with E-state index in [0.717, 1.165) is 16.6 Å². The monoisotopic (exact) mass is 528 g/mol. The van der Waals surface area contributed by atoms with E-state index in [2.05, 4.69) is 22.1 Å². The fraction of sp³-hybridized carbons (Fsp3) is 0.0588. The minimum atomic E-state index is 0. The Morgan fingerprint density at radius 1 is 0.905 bits per heavy atom. The second-order valence-corrected chi connectivity index (χ2v) is 3.85. The van der Waals surface area contributed by atoms with Gasteiger partial charge in [-0.2, -0.15) is 5.69 Å². The molecule has 3 aromatic rings. The maximum absolute atomic E-state index is 4.51. The van der Waals surface area contributed by atoms with Crippen LogP contribution in [-0.2, 0) is 0 Å². The molecule has 0 saturated heterocycles. The van der Waals surface area contributed by atoms with Gasteiger partial charge in [-0.3, -0.25) is 18.2 Å². The number of nitrogens with zero attached hydrogens (tertiary/aromatic N) is 2. The van der Waals surface area contributed by atoms with Crippen LogP contribution >= 0.6 is 0 Å². The third-order valence-electron chi connectivity index (χ3n) is 2.58. The summed E-state index contributed by atoms with van der Waals surface area (Å²) in [6, 6.07) is 23.5. The van der Waals surface area contributed by atoms with E-state index in [1.54, 1.807) is 6.21 Å². The van der Waals surface area contributed by atoms with E-state index in [1.165, 1.54) is 0 Å². The molecule has 0 spiro atoms. The van der Waals surface area contributed by atoms with Crippen LogP contribution in [0.5, 0.6) is 0 Å². The molecule has 21 heavy (non-hydrogen) atoms. The van der Waals surface area contributed by atoms with Crippen LogP contribution in [0.1, 0.15) is 13.1 Å². The van der Waals surface area contributed by atoms with E-state index < -0.39 is 0 Å². The Bertz CT molecular complexity index is 697. The first-order valence-electron chi connectivity index (χ1n) is 5.70. The zero-order valence-corrected chi connectivity index (χ0v) is 18.2. The van der Waals surface area contributed by atoms with Gasteiger partial charge in [0.1, 0.15) is 0 Å². The molecule has 2 radical (unpaired) electrons. The van der Waals surface area contributed by atoms with Crippen LogP contribution in [-0.4, -0.2) is 11.2 Å². The van der Waals surface area contributed by atoms with Gasteiger partial charge in [0.25, 0.3) is 0 Å². The number of hydrogen-bond acceptors (Lipinski definition) is 2. The van der Waals surface area contributed by atoms with Crippen molar-refractivity contribution in [3.05, 3.63) is 72.4 Å². The van der Waals surface area contributed by atoms with Crippen LogP contribution in [0.3, 0.4) is 0 Å². The van der Waals surface area contributed by atoms with Gasteiger partial charge in [0.05, 0.1) is 11.2 Å². The first-order chi connectivity index (χ1) is 8.92. The minimum Gasteiger partial charge on any atom is -0.333 e. The van der Waals surface area contributed by atoms with E-state index in [4.69, 9.17) is 0 Å². The molecule has 0 fully saturated rings. The van der Waals surface area contributed by atoms with Gasteiger partial charge < -0.3 is 17.1 Å². The fourth-order valence-electron chi connectivity index (χ4n) is 1.70. The zero-order valence-electron chi connectivity index (χ0n) is 10.8. The van der Waals surface area contributed by atoms with Crippen molar-refractivity contribution in [1.29, 1.82) is 0 Å². The molecule has 4 heteroatoms. The summed E-state index contributed by atoms with van der Waals surface area (Å²) in [6.45, 7) is 0. The second-order valence-electron chi connectivity index (χ2n) is 3.85. The van der Waals surface area contributed by atoms with Crippen LogP contribution < -0.4 is 0 Å². The van der Waals surface area contributed by atoms with Crippen molar-refractivity contribution in [2.75, 3.05) is 0 Å². The molecule has 2 aromatic carbocycles. The van der Waals surface area contributed by atoms with Crippen LogP contribution in [0.15, 0.2) is 59.6 Å². The summed E-state index contributed by atoms with van der Waals surface area (Å²) in [6.07, 6.45) is 1.73. The quantitative estimate of drug-likeness (QED) is 0.362. The molecular formula is C17H14N2Pr2-2. The predicted molar refractivity (Wildman–Crippen MR) is 79.8 cm³/mol. The van der Waals surface area contributed by atoms with Gasteiger partial charge in [-0.1, -0.05) is 31.7 Å². The SMILES string of the molecule is C.[Pr].[Pr].[c-]1ccc[c-]c1N=Cc1ccc2ccccc2n1.